The molecule has 0 fully saturated rings. The van der Waals surface area contributed by atoms with E-state index < -0.39 is 0 Å². The molecule has 0 aliphatic carbocycles. The Balaban J connectivity index is 1.70. The molecule has 2 aromatic heterocycles. The number of hydrogen-bond donors (Lipinski definition) is 2. The number of hydrogen-bond acceptors (Lipinski definition) is 5. The van der Waals surface area contributed by atoms with Crippen LogP contribution in [0, 0.1) is 20.8 Å². The van der Waals surface area contributed by atoms with Gasteiger partial charge in [0.25, 0.3) is 5.56 Å². The van der Waals surface area contributed by atoms with Crippen molar-refractivity contribution in [3.05, 3.63) is 50.6 Å². The Labute approximate surface area is 147 Å². The molecule has 0 aliphatic rings. The molecule has 24 heavy (non-hydrogen) atoms. The van der Waals surface area contributed by atoms with Crippen molar-refractivity contribution in [2.24, 2.45) is 0 Å². The Morgan fingerprint density at radius 2 is 2.00 bits per heavy atom. The zero-order valence-electron chi connectivity index (χ0n) is 13.6. The van der Waals surface area contributed by atoms with E-state index in [1.54, 1.807) is 6.07 Å². The number of aromatic nitrogens is 2. The molecule has 2 heterocycles. The molecule has 0 unspecified atom stereocenters. The molecular weight excluding hydrogens is 342 g/mol. The fourth-order valence-corrected chi connectivity index (χ4v) is 4.08. The largest absolute Gasteiger partial charge is 0.325 e. The van der Waals surface area contributed by atoms with E-state index in [-0.39, 0.29) is 17.2 Å². The Kier molecular flexibility index (Phi) is 4.73. The van der Waals surface area contributed by atoms with E-state index in [0.29, 0.717) is 15.4 Å². The van der Waals surface area contributed by atoms with E-state index in [1.165, 1.54) is 28.7 Å². The van der Waals surface area contributed by atoms with Crippen LogP contribution in [0.4, 0.5) is 5.69 Å². The number of benzene rings is 1. The van der Waals surface area contributed by atoms with E-state index in [4.69, 9.17) is 0 Å². The normalized spacial score (nSPS) is 11.0. The van der Waals surface area contributed by atoms with Gasteiger partial charge in [0.2, 0.25) is 5.91 Å². The second-order valence-electron chi connectivity index (χ2n) is 5.62. The molecule has 3 aromatic rings. The minimum atomic E-state index is -0.172. The standard InChI is InChI=1S/C17H17N3O2S2/c1-9-6-10(2)14(11(3)7-9)18-13(21)8-24-17-19-15(22)12-4-5-23-16(12)20-17/h4-7H,8H2,1-3H3,(H,18,21)(H,19,20,22). The van der Waals surface area contributed by atoms with Crippen molar-refractivity contribution in [3.63, 3.8) is 0 Å². The average molecular weight is 359 g/mol. The SMILES string of the molecule is Cc1cc(C)c(NC(=O)CSc2nc3sccc3c(=O)[nH]2)c(C)c1. The first-order chi connectivity index (χ1) is 11.4. The smallest absolute Gasteiger partial charge is 0.260 e. The third-order valence-corrected chi connectivity index (χ3v) is 5.27. The topological polar surface area (TPSA) is 74.8 Å². The van der Waals surface area contributed by atoms with Crippen molar-refractivity contribution < 1.29 is 4.79 Å². The van der Waals surface area contributed by atoms with Crippen LogP contribution in [-0.4, -0.2) is 21.6 Å². The summed E-state index contributed by atoms with van der Waals surface area (Å²) in [5, 5.41) is 5.82. The Hall–Kier alpha value is -2.12. The van der Waals surface area contributed by atoms with E-state index in [1.807, 2.05) is 38.3 Å². The van der Waals surface area contributed by atoms with Crippen LogP contribution in [0.2, 0.25) is 0 Å². The molecule has 7 heteroatoms. The van der Waals surface area contributed by atoms with Crippen LogP contribution in [0.25, 0.3) is 10.2 Å². The van der Waals surface area contributed by atoms with Gasteiger partial charge in [-0.2, -0.15) is 0 Å². The average Bonchev–Trinajstić information content (AvgIpc) is 2.98. The van der Waals surface area contributed by atoms with Crippen LogP contribution in [0.5, 0.6) is 0 Å². The third-order valence-electron chi connectivity index (χ3n) is 3.59. The number of aromatic amines is 1. The van der Waals surface area contributed by atoms with Crippen molar-refractivity contribution in [1.82, 2.24) is 9.97 Å². The Bertz CT molecular complexity index is 952. The second-order valence-corrected chi connectivity index (χ2v) is 7.48. The summed E-state index contributed by atoms with van der Waals surface area (Å²) in [6, 6.07) is 5.83. The summed E-state index contributed by atoms with van der Waals surface area (Å²) in [7, 11) is 0. The number of anilines is 1. The molecule has 124 valence electrons. The molecule has 1 amide bonds. The van der Waals surface area contributed by atoms with Gasteiger partial charge in [-0.1, -0.05) is 29.5 Å². The molecule has 0 saturated carbocycles. The summed E-state index contributed by atoms with van der Waals surface area (Å²) in [6.45, 7) is 5.99. The molecule has 3 rings (SSSR count). The number of fused-ring (bicyclic) bond motifs is 1. The van der Waals surface area contributed by atoms with Gasteiger partial charge >= 0.3 is 0 Å². The molecule has 0 bridgehead atoms. The van der Waals surface area contributed by atoms with Crippen LogP contribution < -0.4 is 10.9 Å². The lowest BCUT2D eigenvalue weighted by molar-refractivity contribution is -0.113. The number of aryl methyl sites for hydroxylation is 3. The quantitative estimate of drug-likeness (QED) is 0.551. The molecule has 0 spiro atoms. The number of rotatable bonds is 4. The fourth-order valence-electron chi connectivity index (χ4n) is 2.60. The van der Waals surface area contributed by atoms with Gasteiger partial charge in [0.15, 0.2) is 5.16 Å². The van der Waals surface area contributed by atoms with E-state index in [0.717, 1.165) is 16.8 Å². The van der Waals surface area contributed by atoms with E-state index in [9.17, 15) is 9.59 Å². The van der Waals surface area contributed by atoms with Crippen LogP contribution in [0.3, 0.4) is 0 Å². The first kappa shape index (κ1) is 16.7. The zero-order chi connectivity index (χ0) is 17.3. The summed E-state index contributed by atoms with van der Waals surface area (Å²) in [5.74, 6) is 0.0658. The van der Waals surface area contributed by atoms with Gasteiger partial charge in [-0.15, -0.1) is 11.3 Å². The highest BCUT2D eigenvalue weighted by molar-refractivity contribution is 7.99. The van der Waals surface area contributed by atoms with Gasteiger partial charge in [0, 0.05) is 5.69 Å². The number of carbonyl (C=O) groups is 1. The Morgan fingerprint density at radius 1 is 1.29 bits per heavy atom. The summed E-state index contributed by atoms with van der Waals surface area (Å²) in [6.07, 6.45) is 0. The lowest BCUT2D eigenvalue weighted by Crippen LogP contribution is -2.17. The van der Waals surface area contributed by atoms with Crippen LogP contribution in [-0.2, 0) is 4.79 Å². The number of nitrogens with zero attached hydrogens (tertiary/aromatic N) is 1. The number of carbonyl (C=O) groups excluding carboxylic acids is 1. The molecular formula is C17H17N3O2S2. The number of H-pyrrole nitrogens is 1. The maximum absolute atomic E-state index is 12.2. The second kappa shape index (κ2) is 6.78. The molecule has 2 N–H and O–H groups in total. The fraction of sp³-hybridized carbons (Fsp3) is 0.235. The van der Waals surface area contributed by atoms with Crippen molar-refractivity contribution in [2.75, 3.05) is 11.1 Å². The van der Waals surface area contributed by atoms with Crippen LogP contribution >= 0.6 is 23.1 Å². The molecule has 0 radical (unpaired) electrons. The number of thiophene rings is 1. The lowest BCUT2D eigenvalue weighted by Gasteiger charge is -2.12. The molecule has 5 nitrogen and oxygen atoms in total. The van der Waals surface area contributed by atoms with Gasteiger partial charge < -0.3 is 10.3 Å². The molecule has 1 aromatic carbocycles. The summed E-state index contributed by atoms with van der Waals surface area (Å²) < 4.78 is 0. The molecule has 0 saturated heterocycles. The monoisotopic (exact) mass is 359 g/mol. The minimum Gasteiger partial charge on any atom is -0.325 e. The van der Waals surface area contributed by atoms with Crippen molar-refractivity contribution in [3.8, 4) is 0 Å². The minimum absolute atomic E-state index is 0.121. The van der Waals surface area contributed by atoms with Crippen molar-refractivity contribution >= 4 is 44.9 Å². The van der Waals surface area contributed by atoms with Gasteiger partial charge in [-0.25, -0.2) is 4.98 Å². The van der Waals surface area contributed by atoms with Crippen LogP contribution in [0.1, 0.15) is 16.7 Å². The van der Waals surface area contributed by atoms with E-state index >= 15 is 0 Å². The summed E-state index contributed by atoms with van der Waals surface area (Å²) in [5.41, 5.74) is 3.92. The highest BCUT2D eigenvalue weighted by Gasteiger charge is 2.11. The molecule has 0 aliphatic heterocycles. The number of nitrogens with one attached hydrogen (secondary N) is 2. The highest BCUT2D eigenvalue weighted by Crippen LogP contribution is 2.23. The maximum Gasteiger partial charge on any atom is 0.260 e. The maximum atomic E-state index is 12.2. The zero-order valence-corrected chi connectivity index (χ0v) is 15.2. The van der Waals surface area contributed by atoms with Gasteiger partial charge in [-0.05, 0) is 43.3 Å². The summed E-state index contributed by atoms with van der Waals surface area (Å²) >= 11 is 2.64. The third kappa shape index (κ3) is 3.52. The highest BCUT2D eigenvalue weighted by atomic mass is 32.2. The van der Waals surface area contributed by atoms with Gasteiger partial charge in [-0.3, -0.25) is 9.59 Å². The predicted molar refractivity (Wildman–Crippen MR) is 100 cm³/mol. The van der Waals surface area contributed by atoms with Crippen molar-refractivity contribution in [1.29, 1.82) is 0 Å². The van der Waals surface area contributed by atoms with Gasteiger partial charge in [0.05, 0.1) is 11.1 Å². The van der Waals surface area contributed by atoms with E-state index in [2.05, 4.69) is 15.3 Å². The van der Waals surface area contributed by atoms with Crippen molar-refractivity contribution in [2.45, 2.75) is 25.9 Å². The van der Waals surface area contributed by atoms with Crippen LogP contribution in [0.15, 0.2) is 33.5 Å². The number of thioether (sulfide) groups is 1. The predicted octanol–water partition coefficient (Wildman–Crippen LogP) is 3.64. The lowest BCUT2D eigenvalue weighted by atomic mass is 10.1. The van der Waals surface area contributed by atoms with Gasteiger partial charge in [0.1, 0.15) is 4.83 Å². The summed E-state index contributed by atoms with van der Waals surface area (Å²) in [4.78, 5) is 31.9. The number of amides is 1. The molecule has 0 atom stereocenters. The first-order valence-corrected chi connectivity index (χ1v) is 9.28. The Morgan fingerprint density at radius 3 is 2.71 bits per heavy atom. The first-order valence-electron chi connectivity index (χ1n) is 7.42.